The molecule has 0 aliphatic rings. The van der Waals surface area contributed by atoms with Gasteiger partial charge in [0.2, 0.25) is 0 Å². The van der Waals surface area contributed by atoms with Crippen LogP contribution in [0.15, 0.2) is 36.5 Å². The van der Waals surface area contributed by atoms with Crippen LogP contribution in [-0.4, -0.2) is 34.6 Å². The minimum absolute atomic E-state index is 0.0248. The van der Waals surface area contributed by atoms with Gasteiger partial charge in [0.15, 0.2) is 0 Å². The van der Waals surface area contributed by atoms with Crippen LogP contribution < -0.4 is 0 Å². The molecule has 3 heteroatoms. The van der Waals surface area contributed by atoms with Gasteiger partial charge in [0.1, 0.15) is 0 Å². The molecule has 0 aromatic carbocycles. The van der Waals surface area contributed by atoms with Gasteiger partial charge in [0.25, 0.3) is 0 Å². The van der Waals surface area contributed by atoms with Crippen molar-refractivity contribution in [2.75, 3.05) is 13.2 Å². The molecule has 0 saturated heterocycles. The Morgan fingerprint density at radius 1 is 1.00 bits per heavy atom. The van der Waals surface area contributed by atoms with Crippen molar-refractivity contribution >= 4 is 0 Å². The summed E-state index contributed by atoms with van der Waals surface area (Å²) in [5.41, 5.74) is 0. The maximum Gasteiger partial charge on any atom is 0.0745 e. The lowest BCUT2D eigenvalue weighted by Gasteiger charge is -1.98. The smallest absolute Gasteiger partial charge is 0.0745 e. The van der Waals surface area contributed by atoms with Crippen molar-refractivity contribution < 1.29 is 15.3 Å². The van der Waals surface area contributed by atoms with Crippen LogP contribution in [0.1, 0.15) is 6.42 Å². The lowest BCUT2D eigenvalue weighted by atomic mass is 10.2. The number of allylic oxidation sites excluding steroid dienone is 4. The van der Waals surface area contributed by atoms with Gasteiger partial charge in [-0.1, -0.05) is 36.1 Å². The van der Waals surface area contributed by atoms with E-state index in [9.17, 15) is 5.11 Å². The summed E-state index contributed by atoms with van der Waals surface area (Å²) in [4.78, 5) is 0. The summed E-state index contributed by atoms with van der Waals surface area (Å²) in [6, 6.07) is 0. The zero-order valence-corrected chi connectivity index (χ0v) is 9.50. The standard InChI is InChI=1S/C14H16O3/c15-12-9-7-5-3-1-2-4-6-8-10-14(17)11-13-16/h4,6-10,14-17H,11-13H2/b6-4+,9-7+,10-8+/t14-/m0/s1. The highest BCUT2D eigenvalue weighted by atomic mass is 16.3. The first-order valence-electron chi connectivity index (χ1n) is 5.20. The zero-order chi connectivity index (χ0) is 12.8. The summed E-state index contributed by atoms with van der Waals surface area (Å²) in [7, 11) is 0. The molecule has 0 amide bonds. The molecule has 3 N–H and O–H groups in total. The van der Waals surface area contributed by atoms with Crippen LogP contribution in [0, 0.1) is 23.7 Å². The van der Waals surface area contributed by atoms with Gasteiger partial charge >= 0.3 is 0 Å². The van der Waals surface area contributed by atoms with Crippen molar-refractivity contribution in [1.82, 2.24) is 0 Å². The van der Waals surface area contributed by atoms with Gasteiger partial charge in [-0.2, -0.15) is 0 Å². The maximum atomic E-state index is 9.21. The largest absolute Gasteiger partial charge is 0.396 e. The van der Waals surface area contributed by atoms with Crippen molar-refractivity contribution in [1.29, 1.82) is 0 Å². The third-order valence-corrected chi connectivity index (χ3v) is 1.56. The second kappa shape index (κ2) is 12.3. The Labute approximate surface area is 102 Å². The highest BCUT2D eigenvalue weighted by Gasteiger charge is 1.93. The van der Waals surface area contributed by atoms with E-state index in [0.29, 0.717) is 6.42 Å². The molecule has 3 nitrogen and oxygen atoms in total. The quantitative estimate of drug-likeness (QED) is 0.475. The molecular formula is C14H16O3. The van der Waals surface area contributed by atoms with E-state index in [4.69, 9.17) is 10.2 Å². The summed E-state index contributed by atoms with van der Waals surface area (Å²) >= 11 is 0. The van der Waals surface area contributed by atoms with E-state index in [1.807, 2.05) is 0 Å². The van der Waals surface area contributed by atoms with Crippen LogP contribution in [-0.2, 0) is 0 Å². The molecule has 0 aliphatic heterocycles. The molecule has 1 atom stereocenters. The average molecular weight is 232 g/mol. The molecule has 17 heavy (non-hydrogen) atoms. The Bertz CT molecular complexity index is 383. The Kier molecular flexibility index (Phi) is 11.0. The molecule has 0 fully saturated rings. The van der Waals surface area contributed by atoms with Gasteiger partial charge in [-0.05, 0) is 30.4 Å². The summed E-state index contributed by atoms with van der Waals surface area (Å²) in [6.45, 7) is -0.0606. The Balaban J connectivity index is 3.90. The van der Waals surface area contributed by atoms with Gasteiger partial charge in [-0.15, -0.1) is 0 Å². The van der Waals surface area contributed by atoms with Crippen LogP contribution in [0.2, 0.25) is 0 Å². The van der Waals surface area contributed by atoms with Crippen LogP contribution in [0.5, 0.6) is 0 Å². The fourth-order valence-electron chi connectivity index (χ4n) is 0.792. The van der Waals surface area contributed by atoms with Crippen molar-refractivity contribution in [3.8, 4) is 23.7 Å². The monoisotopic (exact) mass is 232 g/mol. The van der Waals surface area contributed by atoms with Gasteiger partial charge in [0, 0.05) is 6.61 Å². The SMILES string of the molecule is OC/C=C/C#CC#C/C=C/C=C/[C@H](O)CCO. The first kappa shape index (κ1) is 15.2. The normalized spacial score (nSPS) is 12.4. The molecule has 0 aromatic rings. The van der Waals surface area contributed by atoms with E-state index in [1.54, 1.807) is 24.3 Å². The second-order valence-corrected chi connectivity index (χ2v) is 2.95. The molecular weight excluding hydrogens is 216 g/mol. The number of rotatable bonds is 5. The third-order valence-electron chi connectivity index (χ3n) is 1.56. The summed E-state index contributed by atoms with van der Waals surface area (Å²) in [5.74, 6) is 10.5. The van der Waals surface area contributed by atoms with E-state index in [0.717, 1.165) is 0 Å². The predicted molar refractivity (Wildman–Crippen MR) is 67.8 cm³/mol. The molecule has 0 spiro atoms. The fourth-order valence-corrected chi connectivity index (χ4v) is 0.792. The lowest BCUT2D eigenvalue weighted by molar-refractivity contribution is 0.170. The number of aliphatic hydroxyl groups excluding tert-OH is 3. The molecule has 0 heterocycles. The molecule has 0 aliphatic carbocycles. The van der Waals surface area contributed by atoms with E-state index in [1.165, 1.54) is 12.2 Å². The third kappa shape index (κ3) is 12.2. The van der Waals surface area contributed by atoms with E-state index in [-0.39, 0.29) is 13.2 Å². The van der Waals surface area contributed by atoms with Gasteiger partial charge in [0.05, 0.1) is 12.7 Å². The zero-order valence-electron chi connectivity index (χ0n) is 9.50. The molecule has 90 valence electrons. The van der Waals surface area contributed by atoms with Crippen LogP contribution in [0.25, 0.3) is 0 Å². The highest BCUT2D eigenvalue weighted by Crippen LogP contribution is 1.91. The number of aliphatic hydroxyl groups is 3. The van der Waals surface area contributed by atoms with Gasteiger partial charge in [-0.25, -0.2) is 0 Å². The van der Waals surface area contributed by atoms with E-state index in [2.05, 4.69) is 23.7 Å². The summed E-state index contributed by atoms with van der Waals surface area (Å²) in [6.07, 6.45) is 9.28. The lowest BCUT2D eigenvalue weighted by Crippen LogP contribution is -2.03. The molecule has 0 unspecified atom stereocenters. The fraction of sp³-hybridized carbons (Fsp3) is 0.286. The molecule has 0 bridgehead atoms. The second-order valence-electron chi connectivity index (χ2n) is 2.95. The van der Waals surface area contributed by atoms with Crippen molar-refractivity contribution in [3.63, 3.8) is 0 Å². The molecule has 0 rings (SSSR count). The predicted octanol–water partition coefficient (Wildman–Crippen LogP) is 0.397. The Hall–Kier alpha value is -1.78. The minimum Gasteiger partial charge on any atom is -0.396 e. The maximum absolute atomic E-state index is 9.21. The van der Waals surface area contributed by atoms with Crippen LogP contribution >= 0.6 is 0 Å². The van der Waals surface area contributed by atoms with Crippen LogP contribution in [0.3, 0.4) is 0 Å². The Morgan fingerprint density at radius 2 is 1.71 bits per heavy atom. The average Bonchev–Trinajstić information content (AvgIpc) is 2.32. The highest BCUT2D eigenvalue weighted by molar-refractivity contribution is 5.34. The van der Waals surface area contributed by atoms with Gasteiger partial charge in [-0.3, -0.25) is 0 Å². The van der Waals surface area contributed by atoms with Crippen LogP contribution in [0.4, 0.5) is 0 Å². The molecule has 0 radical (unpaired) electrons. The van der Waals surface area contributed by atoms with E-state index >= 15 is 0 Å². The number of hydrogen-bond acceptors (Lipinski definition) is 3. The van der Waals surface area contributed by atoms with Crippen molar-refractivity contribution in [3.05, 3.63) is 36.5 Å². The van der Waals surface area contributed by atoms with Crippen molar-refractivity contribution in [2.45, 2.75) is 12.5 Å². The Morgan fingerprint density at radius 3 is 2.35 bits per heavy atom. The topological polar surface area (TPSA) is 60.7 Å². The molecule has 0 aromatic heterocycles. The number of hydrogen-bond donors (Lipinski definition) is 3. The van der Waals surface area contributed by atoms with Crippen molar-refractivity contribution in [2.24, 2.45) is 0 Å². The molecule has 0 saturated carbocycles. The first-order chi connectivity index (χ1) is 8.31. The minimum atomic E-state index is -0.624. The van der Waals surface area contributed by atoms with Gasteiger partial charge < -0.3 is 15.3 Å². The first-order valence-corrected chi connectivity index (χ1v) is 5.20. The van der Waals surface area contributed by atoms with E-state index < -0.39 is 6.10 Å². The summed E-state index contributed by atoms with van der Waals surface area (Å²) in [5, 5.41) is 26.1. The summed E-state index contributed by atoms with van der Waals surface area (Å²) < 4.78 is 0.